The molecule has 2 aromatic heterocycles. The summed E-state index contributed by atoms with van der Waals surface area (Å²) in [6.45, 7) is 0. The maximum atomic E-state index is 13.1. The van der Waals surface area contributed by atoms with Crippen molar-refractivity contribution in [2.75, 3.05) is 10.0 Å². The molecule has 0 aliphatic rings. The Bertz CT molecular complexity index is 1710. The van der Waals surface area contributed by atoms with E-state index in [4.69, 9.17) is 23.2 Å². The fourth-order valence-corrected chi connectivity index (χ4v) is 4.75. The standard InChI is InChI=1S/C26H17Cl2N5O3S/c27-18-7-5-17(6-8-18)26(34)29-20-13-15-33(16-14-20)25-24(30-22-3-1-2-4-23(22)31-25)32-37(35,36)21-11-9-19(28)10-12-21/h1-16H,(H,30,32)/p+1. The molecule has 2 N–H and O–H groups in total. The Labute approximate surface area is 222 Å². The molecule has 3 aromatic carbocycles. The van der Waals surface area contributed by atoms with Crippen LogP contribution in [0.4, 0.5) is 11.5 Å². The summed E-state index contributed by atoms with van der Waals surface area (Å²) in [7, 11) is -3.98. The van der Waals surface area contributed by atoms with E-state index in [1.54, 1.807) is 71.6 Å². The summed E-state index contributed by atoms with van der Waals surface area (Å²) in [5.41, 5.74) is 2.10. The second-order valence-electron chi connectivity index (χ2n) is 7.90. The molecule has 5 aromatic rings. The van der Waals surface area contributed by atoms with Crippen LogP contribution in [-0.4, -0.2) is 24.3 Å². The molecule has 0 aliphatic heterocycles. The number of rotatable bonds is 6. The highest BCUT2D eigenvalue weighted by Crippen LogP contribution is 2.22. The van der Waals surface area contributed by atoms with Crippen molar-refractivity contribution in [2.45, 2.75) is 4.90 Å². The van der Waals surface area contributed by atoms with Crippen LogP contribution in [0.5, 0.6) is 0 Å². The third-order valence-electron chi connectivity index (χ3n) is 5.35. The second-order valence-corrected chi connectivity index (χ2v) is 10.5. The third kappa shape index (κ3) is 5.54. The molecule has 11 heteroatoms. The fourth-order valence-electron chi connectivity index (χ4n) is 3.49. The minimum absolute atomic E-state index is 0.0306. The highest BCUT2D eigenvalue weighted by molar-refractivity contribution is 7.92. The number of halogens is 2. The quantitative estimate of drug-likeness (QED) is 0.280. The number of anilines is 2. The molecule has 5 rings (SSSR count). The number of fused-ring (bicyclic) bond motifs is 1. The number of nitrogens with one attached hydrogen (secondary N) is 2. The Hall–Kier alpha value is -4.05. The molecule has 0 spiro atoms. The Morgan fingerprint density at radius 3 is 1.95 bits per heavy atom. The number of hydrogen-bond acceptors (Lipinski definition) is 5. The molecular formula is C26H18Cl2N5O3S+. The molecule has 0 atom stereocenters. The lowest BCUT2D eigenvalue weighted by Crippen LogP contribution is -2.33. The number of nitrogens with zero attached hydrogens (tertiary/aromatic N) is 3. The van der Waals surface area contributed by atoms with Crippen LogP contribution in [0.2, 0.25) is 10.0 Å². The number of pyridine rings is 1. The predicted molar refractivity (Wildman–Crippen MR) is 143 cm³/mol. The number of hydrogen-bond donors (Lipinski definition) is 2. The van der Waals surface area contributed by atoms with Gasteiger partial charge in [0.15, 0.2) is 0 Å². The maximum Gasteiger partial charge on any atom is 0.372 e. The van der Waals surface area contributed by atoms with E-state index in [9.17, 15) is 13.2 Å². The Morgan fingerprint density at radius 1 is 0.757 bits per heavy atom. The summed E-state index contributed by atoms with van der Waals surface area (Å²) >= 11 is 11.8. The summed E-state index contributed by atoms with van der Waals surface area (Å²) in [6.07, 6.45) is 3.30. The first-order valence-corrected chi connectivity index (χ1v) is 13.2. The minimum Gasteiger partial charge on any atom is -0.322 e. The van der Waals surface area contributed by atoms with Crippen molar-refractivity contribution in [3.63, 3.8) is 0 Å². The third-order valence-corrected chi connectivity index (χ3v) is 7.20. The molecular weight excluding hydrogens is 533 g/mol. The summed E-state index contributed by atoms with van der Waals surface area (Å²) in [6, 6.07) is 22.8. The smallest absolute Gasteiger partial charge is 0.322 e. The van der Waals surface area contributed by atoms with E-state index in [0.29, 0.717) is 32.3 Å². The monoisotopic (exact) mass is 550 g/mol. The highest BCUT2D eigenvalue weighted by atomic mass is 35.5. The normalized spacial score (nSPS) is 11.3. The number of aromatic nitrogens is 3. The minimum atomic E-state index is -3.98. The topological polar surface area (TPSA) is 105 Å². The van der Waals surface area contributed by atoms with Gasteiger partial charge in [0.25, 0.3) is 15.9 Å². The average molecular weight is 551 g/mol. The Balaban J connectivity index is 1.48. The number of carbonyl (C=O) groups is 1. The van der Waals surface area contributed by atoms with Crippen LogP contribution in [0.25, 0.3) is 16.9 Å². The molecule has 0 aliphatic carbocycles. The lowest BCUT2D eigenvalue weighted by atomic mass is 10.2. The number of para-hydroxylation sites is 2. The summed E-state index contributed by atoms with van der Waals surface area (Å²) < 4.78 is 30.3. The molecule has 1 amide bonds. The molecule has 0 saturated heterocycles. The van der Waals surface area contributed by atoms with Crippen LogP contribution in [-0.2, 0) is 10.0 Å². The van der Waals surface area contributed by atoms with Gasteiger partial charge in [0.1, 0.15) is 5.52 Å². The van der Waals surface area contributed by atoms with E-state index in [2.05, 4.69) is 20.0 Å². The van der Waals surface area contributed by atoms with Gasteiger partial charge in [-0.15, -0.1) is 0 Å². The van der Waals surface area contributed by atoms with Crippen molar-refractivity contribution < 1.29 is 17.8 Å². The van der Waals surface area contributed by atoms with E-state index in [1.165, 1.54) is 24.3 Å². The van der Waals surface area contributed by atoms with Gasteiger partial charge in [-0.05, 0) is 65.6 Å². The number of benzene rings is 3. The van der Waals surface area contributed by atoms with Crippen molar-refractivity contribution in [1.82, 2.24) is 9.97 Å². The van der Waals surface area contributed by atoms with Crippen LogP contribution in [0.3, 0.4) is 0 Å². The van der Waals surface area contributed by atoms with E-state index >= 15 is 0 Å². The van der Waals surface area contributed by atoms with E-state index in [1.807, 2.05) is 6.07 Å². The van der Waals surface area contributed by atoms with Crippen molar-refractivity contribution in [1.29, 1.82) is 0 Å². The van der Waals surface area contributed by atoms with E-state index < -0.39 is 10.0 Å². The first kappa shape index (κ1) is 24.6. The largest absolute Gasteiger partial charge is 0.372 e. The Morgan fingerprint density at radius 2 is 1.32 bits per heavy atom. The highest BCUT2D eigenvalue weighted by Gasteiger charge is 2.25. The van der Waals surface area contributed by atoms with E-state index in [0.717, 1.165) is 0 Å². The van der Waals surface area contributed by atoms with Gasteiger partial charge < -0.3 is 5.32 Å². The molecule has 2 heterocycles. The zero-order valence-electron chi connectivity index (χ0n) is 19.0. The number of carbonyl (C=O) groups excluding carboxylic acids is 1. The molecule has 0 fully saturated rings. The molecule has 0 radical (unpaired) electrons. The van der Waals surface area contributed by atoms with Gasteiger partial charge in [0, 0.05) is 33.4 Å². The maximum absolute atomic E-state index is 13.1. The van der Waals surface area contributed by atoms with Gasteiger partial charge in [-0.2, -0.15) is 4.57 Å². The lowest BCUT2D eigenvalue weighted by molar-refractivity contribution is -0.598. The fraction of sp³-hybridized carbons (Fsp3) is 0. The molecule has 0 saturated carbocycles. The average Bonchev–Trinajstić information content (AvgIpc) is 2.89. The summed E-state index contributed by atoms with van der Waals surface area (Å²) in [5, 5.41) is 3.77. The van der Waals surface area contributed by atoms with Gasteiger partial charge in [-0.3, -0.25) is 9.52 Å². The summed E-state index contributed by atoms with van der Waals surface area (Å²) in [4.78, 5) is 21.7. The Kier molecular flexibility index (Phi) is 6.75. The molecule has 37 heavy (non-hydrogen) atoms. The van der Waals surface area contributed by atoms with E-state index in [-0.39, 0.29) is 22.4 Å². The number of sulfonamides is 1. The molecule has 0 bridgehead atoms. The van der Waals surface area contributed by atoms with Gasteiger partial charge >= 0.3 is 5.82 Å². The van der Waals surface area contributed by atoms with Crippen molar-refractivity contribution in [3.05, 3.63) is 113 Å². The second kappa shape index (κ2) is 10.1. The summed E-state index contributed by atoms with van der Waals surface area (Å²) in [5.74, 6) is -0.000238. The van der Waals surface area contributed by atoms with Gasteiger partial charge in [0.05, 0.1) is 17.3 Å². The van der Waals surface area contributed by atoms with Crippen molar-refractivity contribution in [3.8, 4) is 5.82 Å². The van der Waals surface area contributed by atoms with Crippen LogP contribution in [0.15, 0.2) is 102 Å². The molecule has 0 unspecified atom stereocenters. The first-order chi connectivity index (χ1) is 17.8. The zero-order chi connectivity index (χ0) is 26.0. The predicted octanol–water partition coefficient (Wildman–Crippen LogP) is 5.27. The van der Waals surface area contributed by atoms with Crippen LogP contribution in [0.1, 0.15) is 10.4 Å². The SMILES string of the molecule is O=C(Nc1cc[n+](-c2nc3ccccc3nc2NS(=O)(=O)c2ccc(Cl)cc2)cc1)c1ccc(Cl)cc1. The van der Waals surface area contributed by atoms with Crippen LogP contribution < -0.4 is 14.6 Å². The van der Waals surface area contributed by atoms with Crippen molar-refractivity contribution in [2.24, 2.45) is 0 Å². The van der Waals surface area contributed by atoms with Gasteiger partial charge in [-0.1, -0.05) is 35.3 Å². The van der Waals surface area contributed by atoms with Crippen LogP contribution in [0, 0.1) is 0 Å². The lowest BCUT2D eigenvalue weighted by Gasteiger charge is -2.09. The molecule has 8 nitrogen and oxygen atoms in total. The van der Waals surface area contributed by atoms with Gasteiger partial charge in [0.2, 0.25) is 11.3 Å². The van der Waals surface area contributed by atoms with Gasteiger partial charge in [-0.25, -0.2) is 13.4 Å². The molecule has 184 valence electrons. The van der Waals surface area contributed by atoms with Crippen LogP contribution >= 0.6 is 23.2 Å². The zero-order valence-corrected chi connectivity index (χ0v) is 21.3. The van der Waals surface area contributed by atoms with Crippen molar-refractivity contribution >= 4 is 61.7 Å². The number of amides is 1. The first-order valence-electron chi connectivity index (χ1n) is 10.9.